The fourth-order valence-corrected chi connectivity index (χ4v) is 2.48. The van der Waals surface area contributed by atoms with E-state index in [4.69, 9.17) is 9.47 Å². The minimum absolute atomic E-state index is 0.337. The van der Waals surface area contributed by atoms with Gasteiger partial charge in [0.15, 0.2) is 0 Å². The van der Waals surface area contributed by atoms with E-state index >= 15 is 0 Å². The Morgan fingerprint density at radius 2 is 1.79 bits per heavy atom. The zero-order valence-electron chi connectivity index (χ0n) is 16.3. The van der Waals surface area contributed by atoms with E-state index in [2.05, 4.69) is 17.5 Å². The highest BCUT2D eigenvalue weighted by atomic mass is 16.5. The van der Waals surface area contributed by atoms with Gasteiger partial charge in [-0.15, -0.1) is 0 Å². The Labute approximate surface area is 165 Å². The first-order chi connectivity index (χ1) is 13.6. The highest BCUT2D eigenvalue weighted by Crippen LogP contribution is 2.16. The summed E-state index contributed by atoms with van der Waals surface area (Å²) in [7, 11) is 0. The van der Waals surface area contributed by atoms with E-state index in [1.54, 1.807) is 48.5 Å². The summed E-state index contributed by atoms with van der Waals surface area (Å²) in [5, 5.41) is 3.94. The molecular weight excluding hydrogens is 356 g/mol. The third-order valence-corrected chi connectivity index (χ3v) is 3.93. The highest BCUT2D eigenvalue weighted by molar-refractivity contribution is 5.95. The van der Waals surface area contributed by atoms with Crippen LogP contribution >= 0.6 is 0 Å². The molecule has 6 heteroatoms. The Hall–Kier alpha value is -3.15. The minimum atomic E-state index is -0.419. The van der Waals surface area contributed by atoms with Crippen LogP contribution in [0.2, 0.25) is 0 Å². The first kappa shape index (κ1) is 21.2. The van der Waals surface area contributed by atoms with Gasteiger partial charge in [0.2, 0.25) is 0 Å². The SMILES string of the molecule is CCCCCCOc1ccc(C(=O)N/N=C\c2ccccc2OC(C)=O)cc1. The molecule has 0 saturated heterocycles. The van der Waals surface area contributed by atoms with E-state index in [0.717, 1.165) is 18.6 Å². The number of nitrogens with zero attached hydrogens (tertiary/aromatic N) is 1. The molecule has 0 radical (unpaired) electrons. The molecule has 2 aromatic carbocycles. The van der Waals surface area contributed by atoms with Gasteiger partial charge < -0.3 is 9.47 Å². The maximum Gasteiger partial charge on any atom is 0.308 e. The van der Waals surface area contributed by atoms with Crippen LogP contribution in [0, 0.1) is 0 Å². The number of nitrogens with one attached hydrogen (secondary N) is 1. The number of carbonyl (C=O) groups is 2. The standard InChI is InChI=1S/C22H26N2O4/c1-3-4-5-8-15-27-20-13-11-18(12-14-20)22(26)24-23-16-19-9-6-7-10-21(19)28-17(2)25/h6-7,9-14,16H,3-5,8,15H2,1-2H3,(H,24,26)/b23-16-. The number of esters is 1. The molecule has 2 aromatic rings. The average molecular weight is 382 g/mol. The molecule has 0 heterocycles. The minimum Gasteiger partial charge on any atom is -0.494 e. The van der Waals surface area contributed by atoms with Crippen LogP contribution in [0.1, 0.15) is 55.5 Å². The Bertz CT molecular complexity index is 800. The molecule has 0 spiro atoms. The van der Waals surface area contributed by atoms with Crippen molar-refractivity contribution in [3.63, 3.8) is 0 Å². The zero-order valence-corrected chi connectivity index (χ0v) is 16.3. The molecule has 1 amide bonds. The molecule has 0 saturated carbocycles. The first-order valence-corrected chi connectivity index (χ1v) is 9.44. The number of rotatable bonds is 10. The van der Waals surface area contributed by atoms with E-state index in [1.807, 2.05) is 0 Å². The molecular formula is C22H26N2O4. The zero-order chi connectivity index (χ0) is 20.2. The number of para-hydroxylation sites is 1. The monoisotopic (exact) mass is 382 g/mol. The summed E-state index contributed by atoms with van der Waals surface area (Å²) in [6, 6.07) is 13.9. The summed E-state index contributed by atoms with van der Waals surface area (Å²) < 4.78 is 10.8. The fourth-order valence-electron chi connectivity index (χ4n) is 2.48. The largest absolute Gasteiger partial charge is 0.494 e. The Kier molecular flexibility index (Phi) is 8.72. The molecule has 6 nitrogen and oxygen atoms in total. The van der Waals surface area contributed by atoms with Crippen molar-refractivity contribution in [3.05, 3.63) is 59.7 Å². The van der Waals surface area contributed by atoms with Gasteiger partial charge in [0.05, 0.1) is 12.8 Å². The first-order valence-electron chi connectivity index (χ1n) is 9.44. The van der Waals surface area contributed by atoms with Crippen molar-refractivity contribution < 1.29 is 19.1 Å². The summed E-state index contributed by atoms with van der Waals surface area (Å²) in [5.74, 6) is 0.369. The summed E-state index contributed by atoms with van der Waals surface area (Å²) in [6.07, 6.45) is 6.04. The third kappa shape index (κ3) is 7.23. The lowest BCUT2D eigenvalue weighted by molar-refractivity contribution is -0.131. The molecule has 0 atom stereocenters. The lowest BCUT2D eigenvalue weighted by Crippen LogP contribution is -2.17. The number of hydrogen-bond acceptors (Lipinski definition) is 5. The molecule has 0 aromatic heterocycles. The van der Waals surface area contributed by atoms with E-state index in [0.29, 0.717) is 23.5 Å². The van der Waals surface area contributed by atoms with Crippen molar-refractivity contribution in [1.82, 2.24) is 5.43 Å². The van der Waals surface area contributed by atoms with Gasteiger partial charge in [-0.25, -0.2) is 5.43 Å². The van der Waals surface area contributed by atoms with Crippen LogP contribution in [0.5, 0.6) is 11.5 Å². The second-order valence-electron chi connectivity index (χ2n) is 6.26. The van der Waals surface area contributed by atoms with Crippen LogP contribution in [-0.4, -0.2) is 24.7 Å². The molecule has 0 fully saturated rings. The van der Waals surface area contributed by atoms with Crippen LogP contribution in [0.25, 0.3) is 0 Å². The Balaban J connectivity index is 1.86. The predicted octanol–water partition coefficient (Wildman–Crippen LogP) is 4.33. The maximum atomic E-state index is 12.2. The fraction of sp³-hybridized carbons (Fsp3) is 0.318. The number of hydrogen-bond donors (Lipinski definition) is 1. The van der Waals surface area contributed by atoms with Gasteiger partial charge in [0, 0.05) is 18.1 Å². The molecule has 2 rings (SSSR count). The summed E-state index contributed by atoms with van der Waals surface area (Å²) >= 11 is 0. The lowest BCUT2D eigenvalue weighted by atomic mass is 10.2. The van der Waals surface area contributed by atoms with Crippen molar-refractivity contribution in [1.29, 1.82) is 0 Å². The summed E-state index contributed by atoms with van der Waals surface area (Å²) in [4.78, 5) is 23.3. The van der Waals surface area contributed by atoms with Crippen LogP contribution < -0.4 is 14.9 Å². The quantitative estimate of drug-likeness (QED) is 0.218. The van der Waals surface area contributed by atoms with Crippen LogP contribution in [0.4, 0.5) is 0 Å². The van der Waals surface area contributed by atoms with Gasteiger partial charge in [0.25, 0.3) is 5.91 Å². The highest BCUT2D eigenvalue weighted by Gasteiger charge is 2.06. The molecule has 0 aliphatic heterocycles. The van der Waals surface area contributed by atoms with Gasteiger partial charge in [0.1, 0.15) is 11.5 Å². The van der Waals surface area contributed by atoms with Crippen molar-refractivity contribution in [3.8, 4) is 11.5 Å². The van der Waals surface area contributed by atoms with E-state index in [-0.39, 0.29) is 5.91 Å². The van der Waals surface area contributed by atoms with Crippen molar-refractivity contribution in [2.75, 3.05) is 6.61 Å². The van der Waals surface area contributed by atoms with Crippen molar-refractivity contribution in [2.45, 2.75) is 39.5 Å². The number of unbranched alkanes of at least 4 members (excludes halogenated alkanes) is 3. The lowest BCUT2D eigenvalue weighted by Gasteiger charge is -2.07. The topological polar surface area (TPSA) is 77.0 Å². The second kappa shape index (κ2) is 11.5. The van der Waals surface area contributed by atoms with E-state index < -0.39 is 5.97 Å². The number of amides is 1. The molecule has 0 bridgehead atoms. The molecule has 148 valence electrons. The third-order valence-electron chi connectivity index (χ3n) is 3.93. The van der Waals surface area contributed by atoms with Gasteiger partial charge in [-0.2, -0.15) is 5.10 Å². The van der Waals surface area contributed by atoms with Gasteiger partial charge in [-0.05, 0) is 42.8 Å². The molecule has 1 N–H and O–H groups in total. The smallest absolute Gasteiger partial charge is 0.308 e. The summed E-state index contributed by atoms with van der Waals surface area (Å²) in [5.41, 5.74) is 3.53. The number of benzene rings is 2. The van der Waals surface area contributed by atoms with Crippen LogP contribution in [0.3, 0.4) is 0 Å². The number of ether oxygens (including phenoxy) is 2. The molecule has 0 aliphatic carbocycles. The van der Waals surface area contributed by atoms with Gasteiger partial charge in [-0.3, -0.25) is 9.59 Å². The number of hydrazone groups is 1. The van der Waals surface area contributed by atoms with E-state index in [9.17, 15) is 9.59 Å². The maximum absolute atomic E-state index is 12.2. The van der Waals surface area contributed by atoms with Crippen molar-refractivity contribution in [2.24, 2.45) is 5.10 Å². The second-order valence-corrected chi connectivity index (χ2v) is 6.26. The Morgan fingerprint density at radius 3 is 2.50 bits per heavy atom. The van der Waals surface area contributed by atoms with Crippen LogP contribution in [0.15, 0.2) is 53.6 Å². The van der Waals surface area contributed by atoms with Crippen LogP contribution in [-0.2, 0) is 4.79 Å². The number of carbonyl (C=O) groups excluding carboxylic acids is 2. The summed E-state index contributed by atoms with van der Waals surface area (Å²) in [6.45, 7) is 4.18. The van der Waals surface area contributed by atoms with E-state index in [1.165, 1.54) is 26.0 Å². The predicted molar refractivity (Wildman–Crippen MR) is 109 cm³/mol. The Morgan fingerprint density at radius 1 is 1.04 bits per heavy atom. The molecule has 28 heavy (non-hydrogen) atoms. The molecule has 0 unspecified atom stereocenters. The van der Waals surface area contributed by atoms with Crippen molar-refractivity contribution >= 4 is 18.1 Å². The van der Waals surface area contributed by atoms with Gasteiger partial charge >= 0.3 is 5.97 Å². The average Bonchev–Trinajstić information content (AvgIpc) is 2.69. The molecule has 0 aliphatic rings. The normalized spacial score (nSPS) is 10.6. The van der Waals surface area contributed by atoms with Gasteiger partial charge in [-0.1, -0.05) is 38.3 Å².